The number of rotatable bonds is 5. The number of carbonyl (C=O) groups excluding carboxylic acids is 2. The van der Waals surface area contributed by atoms with Crippen molar-refractivity contribution in [2.24, 2.45) is 0 Å². The van der Waals surface area contributed by atoms with E-state index in [0.717, 1.165) is 18.4 Å². The zero-order chi connectivity index (χ0) is 14.5. The first-order valence-corrected chi connectivity index (χ1v) is 6.86. The lowest BCUT2D eigenvalue weighted by atomic mass is 10.0. The van der Waals surface area contributed by atoms with Gasteiger partial charge in [-0.25, -0.2) is 0 Å². The summed E-state index contributed by atoms with van der Waals surface area (Å²) in [5, 5.41) is 2.73. The molecule has 0 aliphatic carbocycles. The van der Waals surface area contributed by atoms with Crippen LogP contribution in [0.5, 0.6) is 0 Å². The van der Waals surface area contributed by atoms with Crippen LogP contribution >= 0.6 is 0 Å². The third-order valence-corrected chi connectivity index (χ3v) is 3.66. The van der Waals surface area contributed by atoms with E-state index in [1.807, 2.05) is 49.3 Å². The summed E-state index contributed by atoms with van der Waals surface area (Å²) in [7, 11) is 3.79. The Balaban J connectivity index is 2.21. The molecule has 0 radical (unpaired) electrons. The topological polar surface area (TPSA) is 52.7 Å². The maximum absolute atomic E-state index is 12.8. The van der Waals surface area contributed by atoms with E-state index in [1.54, 1.807) is 4.90 Å². The van der Waals surface area contributed by atoms with Crippen LogP contribution in [0.3, 0.4) is 0 Å². The molecular weight excluding hydrogens is 254 g/mol. The van der Waals surface area contributed by atoms with Crippen LogP contribution in [0.25, 0.3) is 0 Å². The van der Waals surface area contributed by atoms with Gasteiger partial charge in [0.2, 0.25) is 12.3 Å². The van der Waals surface area contributed by atoms with Crippen molar-refractivity contribution < 1.29 is 9.59 Å². The highest BCUT2D eigenvalue weighted by Gasteiger charge is 2.34. The van der Waals surface area contributed by atoms with Crippen LogP contribution in [0.1, 0.15) is 24.4 Å². The third kappa shape index (κ3) is 2.99. The number of likely N-dealkylation sites (N-methyl/N-ethyl adjacent to an activating group) is 1. The highest BCUT2D eigenvalue weighted by molar-refractivity contribution is 5.84. The molecule has 1 aromatic rings. The fourth-order valence-electron chi connectivity index (χ4n) is 2.74. The van der Waals surface area contributed by atoms with Crippen molar-refractivity contribution in [1.29, 1.82) is 0 Å². The number of hydrogen-bond donors (Lipinski definition) is 1. The molecule has 1 N–H and O–H groups in total. The molecule has 2 atom stereocenters. The van der Waals surface area contributed by atoms with E-state index in [4.69, 9.17) is 0 Å². The molecule has 0 spiro atoms. The molecule has 1 aromatic carbocycles. The molecule has 0 saturated carbocycles. The Hall–Kier alpha value is -1.88. The molecule has 1 saturated heterocycles. The van der Waals surface area contributed by atoms with Gasteiger partial charge < -0.3 is 10.2 Å². The quantitative estimate of drug-likeness (QED) is 0.815. The van der Waals surface area contributed by atoms with E-state index in [2.05, 4.69) is 5.32 Å². The van der Waals surface area contributed by atoms with Gasteiger partial charge in [-0.2, -0.15) is 0 Å². The minimum absolute atomic E-state index is 0.0399. The third-order valence-electron chi connectivity index (χ3n) is 3.66. The molecular formula is C15H21N3O2. The van der Waals surface area contributed by atoms with Crippen molar-refractivity contribution in [2.45, 2.75) is 25.0 Å². The predicted molar refractivity (Wildman–Crippen MR) is 76.8 cm³/mol. The van der Waals surface area contributed by atoms with Gasteiger partial charge in [0.25, 0.3) is 0 Å². The van der Waals surface area contributed by atoms with Crippen LogP contribution in [0.4, 0.5) is 0 Å². The van der Waals surface area contributed by atoms with Crippen LogP contribution in [0.2, 0.25) is 0 Å². The number of benzene rings is 1. The van der Waals surface area contributed by atoms with E-state index in [1.165, 1.54) is 0 Å². The summed E-state index contributed by atoms with van der Waals surface area (Å²) < 4.78 is 0. The maximum atomic E-state index is 12.8. The minimum Gasteiger partial charge on any atom is -0.338 e. The molecule has 1 unspecified atom stereocenters. The first kappa shape index (κ1) is 14.5. The Bertz CT molecular complexity index is 461. The van der Waals surface area contributed by atoms with Crippen LogP contribution < -0.4 is 5.32 Å². The summed E-state index contributed by atoms with van der Waals surface area (Å²) >= 11 is 0. The molecule has 20 heavy (non-hydrogen) atoms. The molecule has 2 rings (SSSR count). The lowest BCUT2D eigenvalue weighted by Gasteiger charge is -2.31. The second-order valence-electron chi connectivity index (χ2n) is 5.25. The van der Waals surface area contributed by atoms with Crippen LogP contribution in [-0.4, -0.2) is 48.9 Å². The van der Waals surface area contributed by atoms with Crippen molar-refractivity contribution in [3.8, 4) is 0 Å². The molecule has 0 aromatic heterocycles. The van der Waals surface area contributed by atoms with Crippen LogP contribution in [0, 0.1) is 0 Å². The highest BCUT2D eigenvalue weighted by Crippen LogP contribution is 2.25. The maximum Gasteiger partial charge on any atom is 0.246 e. The largest absolute Gasteiger partial charge is 0.338 e. The second-order valence-corrected chi connectivity index (χ2v) is 5.25. The van der Waals surface area contributed by atoms with Gasteiger partial charge in [0.15, 0.2) is 0 Å². The smallest absolute Gasteiger partial charge is 0.246 e. The highest BCUT2D eigenvalue weighted by atomic mass is 16.2. The summed E-state index contributed by atoms with van der Waals surface area (Å²) in [6, 6.07) is 9.41. The monoisotopic (exact) mass is 275 g/mol. The lowest BCUT2D eigenvalue weighted by Crippen LogP contribution is -2.48. The summed E-state index contributed by atoms with van der Waals surface area (Å²) in [6.45, 7) is 0.696. The molecule has 1 aliphatic heterocycles. The molecule has 108 valence electrons. The van der Waals surface area contributed by atoms with E-state index in [9.17, 15) is 9.59 Å². The summed E-state index contributed by atoms with van der Waals surface area (Å²) in [4.78, 5) is 27.1. The van der Waals surface area contributed by atoms with E-state index < -0.39 is 0 Å². The number of hydrogen-bond acceptors (Lipinski definition) is 3. The Kier molecular flexibility index (Phi) is 4.74. The first-order valence-electron chi connectivity index (χ1n) is 6.86. The van der Waals surface area contributed by atoms with Gasteiger partial charge in [-0.1, -0.05) is 30.3 Å². The van der Waals surface area contributed by atoms with Crippen molar-refractivity contribution in [3.05, 3.63) is 35.9 Å². The zero-order valence-corrected chi connectivity index (χ0v) is 12.0. The van der Waals surface area contributed by atoms with Gasteiger partial charge in [-0.05, 0) is 32.5 Å². The normalized spacial score (nSPS) is 19.9. The predicted octanol–water partition coefficient (Wildman–Crippen LogP) is 0.984. The minimum atomic E-state index is -0.315. The van der Waals surface area contributed by atoms with Crippen molar-refractivity contribution in [1.82, 2.24) is 15.1 Å². The molecule has 1 aliphatic rings. The number of nitrogens with zero attached hydrogens (tertiary/aromatic N) is 2. The number of likely N-dealkylation sites (tertiary alicyclic amines) is 1. The van der Waals surface area contributed by atoms with E-state index in [0.29, 0.717) is 13.0 Å². The fraction of sp³-hybridized carbons (Fsp3) is 0.467. The lowest BCUT2D eigenvalue weighted by molar-refractivity contribution is -0.138. The number of amides is 2. The summed E-state index contributed by atoms with van der Waals surface area (Å²) in [6.07, 6.45) is 2.24. The van der Waals surface area contributed by atoms with Crippen LogP contribution in [0.15, 0.2) is 30.3 Å². The molecule has 5 nitrogen and oxygen atoms in total. The average molecular weight is 275 g/mol. The van der Waals surface area contributed by atoms with Crippen molar-refractivity contribution in [2.75, 3.05) is 20.6 Å². The van der Waals surface area contributed by atoms with Crippen molar-refractivity contribution in [3.63, 3.8) is 0 Å². The molecule has 2 amide bonds. The van der Waals surface area contributed by atoms with Gasteiger partial charge in [0.05, 0.1) is 0 Å². The number of nitrogens with one attached hydrogen (secondary N) is 1. The average Bonchev–Trinajstić information content (AvgIpc) is 2.88. The van der Waals surface area contributed by atoms with Gasteiger partial charge in [-0.3, -0.25) is 14.5 Å². The molecule has 1 fully saturated rings. The summed E-state index contributed by atoms with van der Waals surface area (Å²) in [5.74, 6) is 0.0399. The molecule has 0 bridgehead atoms. The Morgan fingerprint density at radius 3 is 2.70 bits per heavy atom. The standard InChI is InChI=1S/C15H21N3O2/c1-17(2)14(12-7-4-3-5-8-12)15(20)18-10-6-9-13(18)16-11-19/h3-5,7-8,11,13-14H,6,9-10H2,1-2H3,(H,16,19)/t13?,14-/m0/s1. The van der Waals surface area contributed by atoms with Gasteiger partial charge in [-0.15, -0.1) is 0 Å². The first-order chi connectivity index (χ1) is 9.65. The van der Waals surface area contributed by atoms with Gasteiger partial charge >= 0.3 is 0 Å². The van der Waals surface area contributed by atoms with E-state index in [-0.39, 0.29) is 18.1 Å². The SMILES string of the molecule is CN(C)[C@H](C(=O)N1CCCC1NC=O)c1ccccc1. The molecule has 1 heterocycles. The number of carbonyl (C=O) groups is 2. The van der Waals surface area contributed by atoms with E-state index >= 15 is 0 Å². The molecule has 5 heteroatoms. The van der Waals surface area contributed by atoms with Gasteiger partial charge in [0, 0.05) is 6.54 Å². The Morgan fingerprint density at radius 2 is 2.10 bits per heavy atom. The van der Waals surface area contributed by atoms with Gasteiger partial charge in [0.1, 0.15) is 12.2 Å². The second kappa shape index (κ2) is 6.52. The fourth-order valence-corrected chi connectivity index (χ4v) is 2.74. The Labute approximate surface area is 119 Å². The van der Waals surface area contributed by atoms with Crippen molar-refractivity contribution >= 4 is 12.3 Å². The Morgan fingerprint density at radius 1 is 1.40 bits per heavy atom. The van der Waals surface area contributed by atoms with Crippen LogP contribution in [-0.2, 0) is 9.59 Å². The summed E-state index contributed by atoms with van der Waals surface area (Å²) in [5.41, 5.74) is 0.972. The zero-order valence-electron chi connectivity index (χ0n) is 12.0.